The fraction of sp³-hybridized carbons (Fsp3) is 0.333. The molecule has 0 saturated carbocycles. The standard InChI is InChI=1S/C3H3Br2N/c4-2-1-3(5)6-2/h1-2,6H. The van der Waals surface area contributed by atoms with E-state index < -0.39 is 0 Å². The van der Waals surface area contributed by atoms with Gasteiger partial charge < -0.3 is 5.32 Å². The lowest BCUT2D eigenvalue weighted by Gasteiger charge is -2.17. The highest BCUT2D eigenvalue weighted by Crippen LogP contribution is 2.16. The van der Waals surface area contributed by atoms with E-state index in [4.69, 9.17) is 0 Å². The molecule has 0 bridgehead atoms. The molecule has 0 aliphatic carbocycles. The van der Waals surface area contributed by atoms with Crippen molar-refractivity contribution in [2.75, 3.05) is 0 Å². The average Bonchev–Trinajstić information content (AvgIpc) is 1.33. The van der Waals surface area contributed by atoms with Crippen LogP contribution in [0.3, 0.4) is 0 Å². The van der Waals surface area contributed by atoms with E-state index in [1.165, 1.54) is 0 Å². The van der Waals surface area contributed by atoms with Gasteiger partial charge in [-0.2, -0.15) is 0 Å². The Morgan fingerprint density at radius 2 is 2.33 bits per heavy atom. The Balaban J connectivity index is 2.46. The van der Waals surface area contributed by atoms with Gasteiger partial charge in [-0.1, -0.05) is 15.9 Å². The van der Waals surface area contributed by atoms with Gasteiger partial charge in [-0.15, -0.1) is 0 Å². The van der Waals surface area contributed by atoms with Crippen molar-refractivity contribution in [3.63, 3.8) is 0 Å². The molecule has 1 N–H and O–H groups in total. The van der Waals surface area contributed by atoms with E-state index >= 15 is 0 Å². The van der Waals surface area contributed by atoms with Gasteiger partial charge in [0.25, 0.3) is 0 Å². The molecular formula is C3H3Br2N. The van der Waals surface area contributed by atoms with Crippen LogP contribution in [-0.2, 0) is 0 Å². The number of alkyl halides is 1. The van der Waals surface area contributed by atoms with Crippen molar-refractivity contribution in [2.45, 2.75) is 4.95 Å². The lowest BCUT2D eigenvalue weighted by Crippen LogP contribution is -2.27. The molecule has 0 amide bonds. The van der Waals surface area contributed by atoms with Crippen LogP contribution in [0.1, 0.15) is 0 Å². The smallest absolute Gasteiger partial charge is 0.104 e. The molecule has 0 radical (unpaired) electrons. The van der Waals surface area contributed by atoms with Crippen molar-refractivity contribution in [3.8, 4) is 0 Å². The summed E-state index contributed by atoms with van der Waals surface area (Å²) < 4.78 is 1.07. The van der Waals surface area contributed by atoms with E-state index in [0.29, 0.717) is 4.95 Å². The molecule has 0 aromatic heterocycles. The van der Waals surface area contributed by atoms with Crippen LogP contribution in [0, 0.1) is 0 Å². The van der Waals surface area contributed by atoms with Crippen LogP contribution in [0.5, 0.6) is 0 Å². The third kappa shape index (κ3) is 0.763. The van der Waals surface area contributed by atoms with Crippen molar-refractivity contribution in [2.24, 2.45) is 0 Å². The van der Waals surface area contributed by atoms with E-state index in [1.54, 1.807) is 0 Å². The van der Waals surface area contributed by atoms with Crippen LogP contribution >= 0.6 is 31.9 Å². The zero-order valence-corrected chi connectivity index (χ0v) is 6.08. The van der Waals surface area contributed by atoms with E-state index in [1.807, 2.05) is 6.08 Å². The zero-order chi connectivity index (χ0) is 4.57. The number of nitrogens with one attached hydrogen (secondary N) is 1. The summed E-state index contributed by atoms with van der Waals surface area (Å²) in [5.74, 6) is 0. The number of hydrogen-bond acceptors (Lipinski definition) is 1. The Morgan fingerprint density at radius 3 is 2.33 bits per heavy atom. The molecule has 6 heavy (non-hydrogen) atoms. The zero-order valence-electron chi connectivity index (χ0n) is 2.91. The molecule has 3 heteroatoms. The lowest BCUT2D eigenvalue weighted by atomic mass is 10.5. The SMILES string of the molecule is BrC1=CC(Br)N1. The van der Waals surface area contributed by atoms with Crippen LogP contribution in [0.4, 0.5) is 0 Å². The second-order valence-corrected chi connectivity index (χ2v) is 2.90. The Labute approximate surface area is 53.1 Å². The summed E-state index contributed by atoms with van der Waals surface area (Å²) in [6, 6.07) is 0. The van der Waals surface area contributed by atoms with Gasteiger partial charge in [0, 0.05) is 0 Å². The van der Waals surface area contributed by atoms with E-state index in [0.717, 1.165) is 4.61 Å². The van der Waals surface area contributed by atoms with Gasteiger partial charge >= 0.3 is 0 Å². The number of halogens is 2. The highest BCUT2D eigenvalue weighted by atomic mass is 79.9. The fourth-order valence-electron chi connectivity index (χ4n) is 0.254. The van der Waals surface area contributed by atoms with Gasteiger partial charge in [0.15, 0.2) is 0 Å². The van der Waals surface area contributed by atoms with Gasteiger partial charge in [-0.05, 0) is 22.0 Å². The molecule has 0 saturated heterocycles. The van der Waals surface area contributed by atoms with E-state index in [-0.39, 0.29) is 0 Å². The number of hydrogen-bond donors (Lipinski definition) is 1. The highest BCUT2D eigenvalue weighted by Gasteiger charge is 2.08. The van der Waals surface area contributed by atoms with Crippen LogP contribution in [0.15, 0.2) is 10.7 Å². The largest absolute Gasteiger partial charge is 0.364 e. The molecule has 0 aromatic carbocycles. The fourth-order valence-corrected chi connectivity index (χ4v) is 1.94. The normalized spacial score (nSPS) is 30.3. The minimum atomic E-state index is 0.395. The van der Waals surface area contributed by atoms with Gasteiger partial charge in [-0.25, -0.2) is 0 Å². The summed E-state index contributed by atoms with van der Waals surface area (Å²) in [6.07, 6.45) is 2.03. The summed E-state index contributed by atoms with van der Waals surface area (Å²) in [4.78, 5) is 0.395. The van der Waals surface area contributed by atoms with Crippen molar-refractivity contribution in [1.82, 2.24) is 5.32 Å². The van der Waals surface area contributed by atoms with Crippen LogP contribution in [0.25, 0.3) is 0 Å². The van der Waals surface area contributed by atoms with Crippen LogP contribution in [0.2, 0.25) is 0 Å². The Bertz CT molecular complexity index is 88.8. The van der Waals surface area contributed by atoms with Crippen molar-refractivity contribution in [1.29, 1.82) is 0 Å². The molecule has 34 valence electrons. The Morgan fingerprint density at radius 1 is 1.83 bits per heavy atom. The summed E-state index contributed by atoms with van der Waals surface area (Å²) >= 11 is 6.50. The molecule has 1 heterocycles. The van der Waals surface area contributed by atoms with Crippen LogP contribution < -0.4 is 5.32 Å². The summed E-state index contributed by atoms with van der Waals surface area (Å²) in [5, 5.41) is 3.00. The summed E-state index contributed by atoms with van der Waals surface area (Å²) in [7, 11) is 0. The molecule has 1 rings (SSSR count). The quantitative estimate of drug-likeness (QED) is 0.475. The molecule has 0 spiro atoms. The van der Waals surface area contributed by atoms with Crippen molar-refractivity contribution < 1.29 is 0 Å². The highest BCUT2D eigenvalue weighted by molar-refractivity contribution is 9.12. The first-order valence-electron chi connectivity index (χ1n) is 1.57. The Hall–Kier alpha value is 0.500. The minimum absolute atomic E-state index is 0.395. The molecule has 1 aliphatic heterocycles. The molecule has 0 fully saturated rings. The van der Waals surface area contributed by atoms with Gasteiger partial charge in [0.05, 0.1) is 4.61 Å². The average molecular weight is 213 g/mol. The second-order valence-electron chi connectivity index (χ2n) is 1.06. The maximum Gasteiger partial charge on any atom is 0.104 e. The topological polar surface area (TPSA) is 12.0 Å². The molecule has 1 unspecified atom stereocenters. The van der Waals surface area contributed by atoms with Gasteiger partial charge in [0.2, 0.25) is 0 Å². The Kier molecular flexibility index (Phi) is 1.20. The predicted molar refractivity (Wildman–Crippen MR) is 32.9 cm³/mol. The third-order valence-corrected chi connectivity index (χ3v) is 1.55. The second kappa shape index (κ2) is 1.54. The molecule has 1 aliphatic rings. The van der Waals surface area contributed by atoms with Gasteiger partial charge in [0.1, 0.15) is 4.95 Å². The number of rotatable bonds is 0. The van der Waals surface area contributed by atoms with E-state index in [2.05, 4.69) is 37.2 Å². The minimum Gasteiger partial charge on any atom is -0.364 e. The first kappa shape index (κ1) is 4.65. The predicted octanol–water partition coefficient (Wildman–Crippen LogP) is 1.55. The first-order valence-corrected chi connectivity index (χ1v) is 3.28. The molecular weight excluding hydrogens is 210 g/mol. The molecule has 0 aromatic rings. The maximum atomic E-state index is 3.28. The third-order valence-electron chi connectivity index (χ3n) is 0.568. The van der Waals surface area contributed by atoms with Crippen LogP contribution in [-0.4, -0.2) is 4.95 Å². The molecule has 1 atom stereocenters. The maximum absolute atomic E-state index is 3.28. The summed E-state index contributed by atoms with van der Waals surface area (Å²) in [5.41, 5.74) is 0. The van der Waals surface area contributed by atoms with Gasteiger partial charge in [-0.3, -0.25) is 0 Å². The van der Waals surface area contributed by atoms with Crippen molar-refractivity contribution >= 4 is 31.9 Å². The molecule has 1 nitrogen and oxygen atoms in total. The van der Waals surface area contributed by atoms with Crippen molar-refractivity contribution in [3.05, 3.63) is 10.7 Å². The van der Waals surface area contributed by atoms with E-state index in [9.17, 15) is 0 Å². The monoisotopic (exact) mass is 211 g/mol. The first-order chi connectivity index (χ1) is 2.79. The lowest BCUT2D eigenvalue weighted by molar-refractivity contribution is 0.842. The summed E-state index contributed by atoms with van der Waals surface area (Å²) in [6.45, 7) is 0.